The first-order chi connectivity index (χ1) is 12.3. The van der Waals surface area contributed by atoms with Crippen LogP contribution in [0.2, 0.25) is 5.02 Å². The molecule has 0 unspecified atom stereocenters. The molecule has 3 nitrogen and oxygen atoms in total. The molecule has 0 aliphatic carbocycles. The van der Waals surface area contributed by atoms with E-state index in [1.54, 1.807) is 4.90 Å². The maximum absolute atomic E-state index is 12.6. The SMILES string of the molecule is O=C(c1ccc(SC(F)(F)F)cc1)N1CCN(c2cccc(Cl)c2)CC1. The molecule has 8 heteroatoms. The van der Waals surface area contributed by atoms with Gasteiger partial charge in [0.15, 0.2) is 0 Å². The van der Waals surface area contributed by atoms with Gasteiger partial charge in [0.1, 0.15) is 0 Å². The Morgan fingerprint density at radius 1 is 1.00 bits per heavy atom. The van der Waals surface area contributed by atoms with Gasteiger partial charge in [0.05, 0.1) is 0 Å². The molecular weight excluding hydrogens is 385 g/mol. The molecule has 1 fully saturated rings. The highest BCUT2D eigenvalue weighted by molar-refractivity contribution is 8.00. The molecule has 2 aromatic carbocycles. The van der Waals surface area contributed by atoms with Gasteiger partial charge in [0.25, 0.3) is 5.91 Å². The zero-order valence-corrected chi connectivity index (χ0v) is 15.2. The van der Waals surface area contributed by atoms with Gasteiger partial charge in [0, 0.05) is 47.3 Å². The summed E-state index contributed by atoms with van der Waals surface area (Å²) in [5.41, 5.74) is -2.92. The molecule has 3 rings (SSSR count). The number of carbonyl (C=O) groups excluding carboxylic acids is 1. The fraction of sp³-hybridized carbons (Fsp3) is 0.278. The first-order valence-electron chi connectivity index (χ1n) is 7.97. The van der Waals surface area contributed by atoms with Crippen LogP contribution in [0.1, 0.15) is 10.4 Å². The van der Waals surface area contributed by atoms with Crippen molar-refractivity contribution in [1.29, 1.82) is 0 Å². The van der Waals surface area contributed by atoms with Gasteiger partial charge in [-0.25, -0.2) is 0 Å². The Hall–Kier alpha value is -1.86. The lowest BCUT2D eigenvalue weighted by molar-refractivity contribution is -0.0328. The van der Waals surface area contributed by atoms with Crippen LogP contribution in [0, 0.1) is 0 Å². The molecule has 1 amide bonds. The smallest absolute Gasteiger partial charge is 0.368 e. The van der Waals surface area contributed by atoms with Crippen molar-refractivity contribution in [3.8, 4) is 0 Å². The molecular formula is C18H16ClF3N2OS. The highest BCUT2D eigenvalue weighted by atomic mass is 35.5. The third kappa shape index (κ3) is 4.86. The number of thioether (sulfide) groups is 1. The van der Waals surface area contributed by atoms with Crippen LogP contribution in [-0.4, -0.2) is 42.5 Å². The summed E-state index contributed by atoms with van der Waals surface area (Å²) >= 11 is 5.83. The van der Waals surface area contributed by atoms with Gasteiger partial charge in [-0.1, -0.05) is 17.7 Å². The summed E-state index contributed by atoms with van der Waals surface area (Å²) in [5, 5.41) is 0.665. The number of carbonyl (C=O) groups is 1. The van der Waals surface area contributed by atoms with E-state index in [9.17, 15) is 18.0 Å². The molecule has 0 spiro atoms. The van der Waals surface area contributed by atoms with Crippen molar-refractivity contribution in [2.75, 3.05) is 31.1 Å². The molecule has 0 atom stereocenters. The lowest BCUT2D eigenvalue weighted by Gasteiger charge is -2.36. The molecule has 0 saturated carbocycles. The van der Waals surface area contributed by atoms with Crippen molar-refractivity contribution in [2.24, 2.45) is 0 Å². The Morgan fingerprint density at radius 3 is 2.23 bits per heavy atom. The van der Waals surface area contributed by atoms with Gasteiger partial charge in [-0.2, -0.15) is 13.2 Å². The van der Waals surface area contributed by atoms with Crippen molar-refractivity contribution < 1.29 is 18.0 Å². The second-order valence-electron chi connectivity index (χ2n) is 5.83. The molecule has 0 bridgehead atoms. The van der Waals surface area contributed by atoms with Crippen LogP contribution >= 0.6 is 23.4 Å². The summed E-state index contributed by atoms with van der Waals surface area (Å²) in [6.07, 6.45) is 0. The van der Waals surface area contributed by atoms with E-state index in [4.69, 9.17) is 11.6 Å². The average Bonchev–Trinajstić information content (AvgIpc) is 2.61. The van der Waals surface area contributed by atoms with Crippen LogP contribution < -0.4 is 4.90 Å². The number of alkyl halides is 3. The predicted molar refractivity (Wildman–Crippen MR) is 97.9 cm³/mol. The summed E-state index contributed by atoms with van der Waals surface area (Å²) in [6.45, 7) is 2.44. The summed E-state index contributed by atoms with van der Waals surface area (Å²) in [5.74, 6) is -0.167. The highest BCUT2D eigenvalue weighted by Crippen LogP contribution is 2.36. The summed E-state index contributed by atoms with van der Waals surface area (Å²) < 4.78 is 37.1. The maximum Gasteiger partial charge on any atom is 0.446 e. The van der Waals surface area contributed by atoms with Crippen molar-refractivity contribution in [2.45, 2.75) is 10.4 Å². The van der Waals surface area contributed by atoms with Crippen LogP contribution in [0.5, 0.6) is 0 Å². The quantitative estimate of drug-likeness (QED) is 0.684. The van der Waals surface area contributed by atoms with E-state index in [0.717, 1.165) is 5.69 Å². The predicted octanol–water partition coefficient (Wildman–Crippen LogP) is 4.91. The van der Waals surface area contributed by atoms with Crippen LogP contribution in [0.25, 0.3) is 0 Å². The largest absolute Gasteiger partial charge is 0.446 e. The summed E-state index contributed by atoms with van der Waals surface area (Å²) in [6, 6.07) is 13.1. The van der Waals surface area contributed by atoms with E-state index in [2.05, 4.69) is 4.90 Å². The lowest BCUT2D eigenvalue weighted by Crippen LogP contribution is -2.48. The summed E-state index contributed by atoms with van der Waals surface area (Å²) in [4.78, 5) is 16.5. The Kier molecular flexibility index (Phi) is 5.67. The Balaban J connectivity index is 1.60. The monoisotopic (exact) mass is 400 g/mol. The van der Waals surface area contributed by atoms with E-state index in [1.165, 1.54) is 24.3 Å². The third-order valence-electron chi connectivity index (χ3n) is 4.08. The van der Waals surface area contributed by atoms with E-state index in [-0.39, 0.29) is 22.6 Å². The first-order valence-corrected chi connectivity index (χ1v) is 9.17. The first kappa shape index (κ1) is 18.9. The molecule has 26 heavy (non-hydrogen) atoms. The van der Waals surface area contributed by atoms with Crippen LogP contribution in [0.3, 0.4) is 0 Å². The zero-order chi connectivity index (χ0) is 18.7. The van der Waals surface area contributed by atoms with Crippen LogP contribution in [-0.2, 0) is 0 Å². The number of piperazine rings is 1. The number of anilines is 1. The summed E-state index contributed by atoms with van der Waals surface area (Å²) in [7, 11) is 0. The number of hydrogen-bond acceptors (Lipinski definition) is 3. The molecule has 1 aliphatic heterocycles. The van der Waals surface area contributed by atoms with Crippen LogP contribution in [0.4, 0.5) is 18.9 Å². The van der Waals surface area contributed by atoms with Crippen molar-refractivity contribution in [3.05, 3.63) is 59.1 Å². The van der Waals surface area contributed by atoms with Gasteiger partial charge in [-0.3, -0.25) is 4.79 Å². The normalized spacial score (nSPS) is 15.2. The van der Waals surface area contributed by atoms with Gasteiger partial charge < -0.3 is 9.80 Å². The lowest BCUT2D eigenvalue weighted by atomic mass is 10.1. The molecule has 0 aromatic heterocycles. The second-order valence-corrected chi connectivity index (χ2v) is 7.41. The number of hydrogen-bond donors (Lipinski definition) is 0. The Bertz CT molecular complexity index is 775. The standard InChI is InChI=1S/C18H16ClF3N2OS/c19-14-2-1-3-15(12-14)23-8-10-24(11-9-23)17(25)13-4-6-16(7-5-13)26-18(20,21)22/h1-7,12H,8-11H2. The Morgan fingerprint density at radius 2 is 1.65 bits per heavy atom. The van der Waals surface area contributed by atoms with Gasteiger partial charge in [-0.15, -0.1) is 0 Å². The minimum atomic E-state index is -4.33. The minimum absolute atomic E-state index is 0.0693. The highest BCUT2D eigenvalue weighted by Gasteiger charge is 2.29. The van der Waals surface area contributed by atoms with Gasteiger partial charge in [-0.05, 0) is 54.2 Å². The number of benzene rings is 2. The number of halogens is 4. The topological polar surface area (TPSA) is 23.6 Å². The number of nitrogens with zero attached hydrogens (tertiary/aromatic N) is 2. The molecule has 1 heterocycles. The molecule has 0 N–H and O–H groups in total. The maximum atomic E-state index is 12.6. The molecule has 1 aliphatic rings. The van der Waals surface area contributed by atoms with E-state index in [1.807, 2.05) is 24.3 Å². The average molecular weight is 401 g/mol. The number of amides is 1. The molecule has 1 saturated heterocycles. The van der Waals surface area contributed by atoms with E-state index >= 15 is 0 Å². The minimum Gasteiger partial charge on any atom is -0.368 e. The number of rotatable bonds is 3. The van der Waals surface area contributed by atoms with Crippen molar-refractivity contribution in [1.82, 2.24) is 4.90 Å². The van der Waals surface area contributed by atoms with Crippen LogP contribution in [0.15, 0.2) is 53.4 Å². The van der Waals surface area contributed by atoms with Crippen molar-refractivity contribution in [3.63, 3.8) is 0 Å². The van der Waals surface area contributed by atoms with Crippen molar-refractivity contribution >= 4 is 35.0 Å². The molecule has 0 radical (unpaired) electrons. The second kappa shape index (κ2) is 7.80. The zero-order valence-electron chi connectivity index (χ0n) is 13.7. The molecule has 2 aromatic rings. The fourth-order valence-electron chi connectivity index (χ4n) is 2.82. The molecule has 138 valence electrons. The van der Waals surface area contributed by atoms with E-state index < -0.39 is 5.51 Å². The fourth-order valence-corrected chi connectivity index (χ4v) is 3.55. The van der Waals surface area contributed by atoms with Gasteiger partial charge in [0.2, 0.25) is 0 Å². The third-order valence-corrected chi connectivity index (χ3v) is 5.05. The van der Waals surface area contributed by atoms with Gasteiger partial charge >= 0.3 is 5.51 Å². The Labute approximate surface area is 158 Å². The van der Waals surface area contributed by atoms with E-state index in [0.29, 0.717) is 36.8 Å².